The van der Waals surface area contributed by atoms with Gasteiger partial charge in [-0.05, 0) is 31.1 Å². The van der Waals surface area contributed by atoms with Gasteiger partial charge in [-0.25, -0.2) is 4.79 Å². The van der Waals surface area contributed by atoms with Gasteiger partial charge in [0.25, 0.3) is 0 Å². The Bertz CT molecular complexity index is 907. The maximum absolute atomic E-state index is 12.8. The zero-order chi connectivity index (χ0) is 24.8. The second kappa shape index (κ2) is 8.96. The maximum Gasteiger partial charge on any atom is 0.336 e. The Hall–Kier alpha value is -2.46. The van der Waals surface area contributed by atoms with Crippen LogP contribution in [0.5, 0.6) is 0 Å². The SMILES string of the molecule is CC(=O)O[C@H]1O[C@H]2O[C@H]3OC(=O)/C(=C\C[C@@]4(OC(C)=O)CCCC(C)(C)C4)[C@H]3[C@H]2[C@@H]1OC(C)=O. The van der Waals surface area contributed by atoms with Crippen LogP contribution in [0.15, 0.2) is 11.6 Å². The van der Waals surface area contributed by atoms with Gasteiger partial charge in [-0.3, -0.25) is 14.4 Å². The van der Waals surface area contributed by atoms with Crippen molar-refractivity contribution in [3.63, 3.8) is 0 Å². The summed E-state index contributed by atoms with van der Waals surface area (Å²) in [7, 11) is 0. The average Bonchev–Trinajstić information content (AvgIpc) is 3.26. The molecule has 10 nitrogen and oxygen atoms in total. The lowest BCUT2D eigenvalue weighted by molar-refractivity contribution is -0.244. The molecule has 7 atom stereocenters. The molecule has 4 aliphatic rings. The third-order valence-electron chi connectivity index (χ3n) is 6.95. The summed E-state index contributed by atoms with van der Waals surface area (Å²) in [4.78, 5) is 48.0. The van der Waals surface area contributed by atoms with Crippen LogP contribution >= 0.6 is 0 Å². The Morgan fingerprint density at radius 2 is 1.71 bits per heavy atom. The van der Waals surface area contributed by atoms with Crippen LogP contribution in [-0.4, -0.2) is 54.5 Å². The normalized spacial score (nSPS) is 39.2. The molecule has 0 aromatic heterocycles. The zero-order valence-electron chi connectivity index (χ0n) is 20.2. The Labute approximate surface area is 198 Å². The lowest BCUT2D eigenvalue weighted by atomic mass is 9.68. The summed E-state index contributed by atoms with van der Waals surface area (Å²) in [5.41, 5.74) is -0.375. The summed E-state index contributed by atoms with van der Waals surface area (Å²) in [5.74, 6) is -3.29. The molecule has 0 N–H and O–H groups in total. The zero-order valence-corrected chi connectivity index (χ0v) is 20.2. The minimum Gasteiger partial charge on any atom is -0.459 e. The van der Waals surface area contributed by atoms with Gasteiger partial charge in [0, 0.05) is 32.8 Å². The van der Waals surface area contributed by atoms with Gasteiger partial charge in [0.05, 0.1) is 11.8 Å². The molecule has 34 heavy (non-hydrogen) atoms. The lowest BCUT2D eigenvalue weighted by Gasteiger charge is -2.44. The van der Waals surface area contributed by atoms with Crippen LogP contribution < -0.4 is 0 Å². The Kier molecular flexibility index (Phi) is 6.50. The Balaban J connectivity index is 1.62. The number of hydrogen-bond donors (Lipinski definition) is 0. The molecule has 0 unspecified atom stereocenters. The molecule has 3 saturated heterocycles. The second-order valence-electron chi connectivity index (χ2n) is 10.4. The number of carbonyl (C=O) groups excluding carboxylic acids is 4. The number of ether oxygens (including phenoxy) is 6. The standard InChI is InChI=1S/C24H32O10/c1-12(25)29-18-17-16-15(7-10-24(34-14(3)27)9-6-8-23(4,5)11-24)19(28)31-20(16)32-21(17)33-22(18)30-13(2)26/h7,16-18,20-22H,6,8-11H2,1-5H3/b15-7-/t16-,17-,18-,20+,21+,22-,24-/m0/s1. The van der Waals surface area contributed by atoms with Crippen LogP contribution in [-0.2, 0) is 47.6 Å². The van der Waals surface area contributed by atoms with E-state index >= 15 is 0 Å². The molecular weight excluding hydrogens is 448 g/mol. The quantitative estimate of drug-likeness (QED) is 0.329. The van der Waals surface area contributed by atoms with E-state index in [0.717, 1.165) is 12.8 Å². The molecule has 0 bridgehead atoms. The Morgan fingerprint density at radius 1 is 1.00 bits per heavy atom. The number of carbonyl (C=O) groups is 4. The smallest absolute Gasteiger partial charge is 0.336 e. The van der Waals surface area contributed by atoms with Gasteiger partial charge >= 0.3 is 23.9 Å². The summed E-state index contributed by atoms with van der Waals surface area (Å²) in [6.45, 7) is 8.13. The van der Waals surface area contributed by atoms with Gasteiger partial charge in [-0.1, -0.05) is 19.9 Å². The highest BCUT2D eigenvalue weighted by Gasteiger charge is 2.64. The number of esters is 4. The molecular formula is C24H32O10. The summed E-state index contributed by atoms with van der Waals surface area (Å²) in [5, 5.41) is 0. The fourth-order valence-corrected chi connectivity index (χ4v) is 5.94. The van der Waals surface area contributed by atoms with Gasteiger partial charge < -0.3 is 28.4 Å². The van der Waals surface area contributed by atoms with Crippen molar-refractivity contribution < 1.29 is 47.6 Å². The van der Waals surface area contributed by atoms with Crippen molar-refractivity contribution in [3.05, 3.63) is 11.6 Å². The van der Waals surface area contributed by atoms with Crippen molar-refractivity contribution in [1.29, 1.82) is 0 Å². The fourth-order valence-electron chi connectivity index (χ4n) is 5.94. The minimum atomic E-state index is -1.15. The number of hydrogen-bond acceptors (Lipinski definition) is 10. The van der Waals surface area contributed by atoms with Crippen LogP contribution in [0.4, 0.5) is 0 Å². The van der Waals surface area contributed by atoms with Crippen LogP contribution in [0.2, 0.25) is 0 Å². The largest absolute Gasteiger partial charge is 0.459 e. The fraction of sp³-hybridized carbons (Fsp3) is 0.750. The average molecular weight is 481 g/mol. The van der Waals surface area contributed by atoms with Crippen molar-refractivity contribution in [3.8, 4) is 0 Å². The maximum atomic E-state index is 12.8. The second-order valence-corrected chi connectivity index (χ2v) is 10.4. The summed E-state index contributed by atoms with van der Waals surface area (Å²) in [6.07, 6.45) is 1.49. The highest BCUT2D eigenvalue weighted by molar-refractivity contribution is 5.91. The van der Waals surface area contributed by atoms with Crippen molar-refractivity contribution >= 4 is 23.9 Å². The van der Waals surface area contributed by atoms with Crippen LogP contribution in [0.3, 0.4) is 0 Å². The van der Waals surface area contributed by atoms with E-state index in [0.29, 0.717) is 24.8 Å². The van der Waals surface area contributed by atoms with E-state index in [2.05, 4.69) is 13.8 Å². The molecule has 0 radical (unpaired) electrons. The third kappa shape index (κ3) is 4.84. The first-order valence-electron chi connectivity index (χ1n) is 11.7. The van der Waals surface area contributed by atoms with Gasteiger partial charge in [0.15, 0.2) is 12.4 Å². The molecule has 10 heteroatoms. The van der Waals surface area contributed by atoms with Crippen molar-refractivity contribution in [2.75, 3.05) is 0 Å². The van der Waals surface area contributed by atoms with E-state index in [9.17, 15) is 19.2 Å². The van der Waals surface area contributed by atoms with E-state index in [1.165, 1.54) is 20.8 Å². The molecule has 0 spiro atoms. The van der Waals surface area contributed by atoms with E-state index < -0.39 is 60.3 Å². The predicted octanol–water partition coefficient (Wildman–Crippen LogP) is 2.53. The number of rotatable bonds is 5. The first-order chi connectivity index (χ1) is 15.9. The summed E-state index contributed by atoms with van der Waals surface area (Å²) >= 11 is 0. The molecule has 3 heterocycles. The van der Waals surface area contributed by atoms with E-state index in [4.69, 9.17) is 28.4 Å². The first kappa shape index (κ1) is 24.7. The molecule has 0 aromatic rings. The van der Waals surface area contributed by atoms with E-state index in [-0.39, 0.29) is 11.4 Å². The monoisotopic (exact) mass is 480 g/mol. The van der Waals surface area contributed by atoms with Gasteiger partial charge in [0.2, 0.25) is 12.6 Å². The van der Waals surface area contributed by atoms with Crippen LogP contribution in [0.25, 0.3) is 0 Å². The Morgan fingerprint density at radius 3 is 2.32 bits per heavy atom. The van der Waals surface area contributed by atoms with Gasteiger partial charge in [-0.2, -0.15) is 0 Å². The molecule has 4 fully saturated rings. The predicted molar refractivity (Wildman–Crippen MR) is 113 cm³/mol. The van der Waals surface area contributed by atoms with Crippen molar-refractivity contribution in [2.24, 2.45) is 17.3 Å². The van der Waals surface area contributed by atoms with E-state index in [1.54, 1.807) is 6.08 Å². The summed E-state index contributed by atoms with van der Waals surface area (Å²) < 4.78 is 33.4. The highest BCUT2D eigenvalue weighted by atomic mass is 16.8. The van der Waals surface area contributed by atoms with Crippen molar-refractivity contribution in [1.82, 2.24) is 0 Å². The first-order valence-corrected chi connectivity index (χ1v) is 11.7. The van der Waals surface area contributed by atoms with Crippen LogP contribution in [0.1, 0.15) is 66.7 Å². The summed E-state index contributed by atoms with van der Waals surface area (Å²) in [6, 6.07) is 0. The van der Waals surface area contributed by atoms with Gasteiger partial charge in [-0.15, -0.1) is 0 Å². The van der Waals surface area contributed by atoms with Gasteiger partial charge in [0.1, 0.15) is 5.60 Å². The van der Waals surface area contributed by atoms with Crippen LogP contribution in [0, 0.1) is 17.3 Å². The lowest BCUT2D eigenvalue weighted by Crippen LogP contribution is -2.42. The topological polar surface area (TPSA) is 124 Å². The minimum absolute atomic E-state index is 0.0105. The molecule has 1 aliphatic carbocycles. The molecule has 0 aromatic carbocycles. The third-order valence-corrected chi connectivity index (χ3v) is 6.95. The van der Waals surface area contributed by atoms with Crippen molar-refractivity contribution in [2.45, 2.75) is 97.3 Å². The molecule has 3 aliphatic heterocycles. The van der Waals surface area contributed by atoms with E-state index in [1.807, 2.05) is 0 Å². The molecule has 188 valence electrons. The molecule has 1 saturated carbocycles. The molecule has 4 rings (SSSR count). The molecule has 0 amide bonds. The highest BCUT2D eigenvalue weighted by Crippen LogP contribution is 2.52. The number of fused-ring (bicyclic) bond motifs is 3.